The second kappa shape index (κ2) is 7.16. The quantitative estimate of drug-likeness (QED) is 0.650. The topological polar surface area (TPSA) is 110 Å². The first-order valence-corrected chi connectivity index (χ1v) is 12.2. The number of aliphatic hydroxyl groups is 1. The highest BCUT2D eigenvalue weighted by Crippen LogP contribution is 2.56. The molecule has 2 aromatic heterocycles. The number of aromatic nitrogens is 4. The lowest BCUT2D eigenvalue weighted by Gasteiger charge is -2.58. The molecule has 0 radical (unpaired) electrons. The van der Waals surface area contributed by atoms with Gasteiger partial charge < -0.3 is 19.9 Å². The Hall–Kier alpha value is -1.68. The minimum absolute atomic E-state index is 0.0126. The van der Waals surface area contributed by atoms with Gasteiger partial charge in [0.15, 0.2) is 5.82 Å². The van der Waals surface area contributed by atoms with E-state index in [1.165, 1.54) is 12.4 Å². The van der Waals surface area contributed by atoms with Crippen molar-refractivity contribution < 1.29 is 13.8 Å². The molecular weight excluding hydrogens is 436 g/mol. The Morgan fingerprint density at radius 3 is 2.71 bits per heavy atom. The van der Waals surface area contributed by atoms with Crippen LogP contribution in [0.3, 0.4) is 0 Å². The summed E-state index contributed by atoms with van der Waals surface area (Å²) in [7, 11) is 0. The third-order valence-electron chi connectivity index (χ3n) is 6.90. The number of rotatable bonds is 5. The van der Waals surface area contributed by atoms with Gasteiger partial charge in [0.2, 0.25) is 10.8 Å². The van der Waals surface area contributed by atoms with Gasteiger partial charge in [-0.2, -0.15) is 4.98 Å². The standard InChI is InChI=1S/C21H25ClN6O2S/c22-14-8-23-17(24-9-14)13-6-20(7-13)10-28(11-20)19-25-15-2-5-31(30)16(15)18(26-19)27-21(12-29)3-1-4-21/h8-9,13,29H,1-7,10-12H2,(H,25,26,27)/i12D2,13D. The van der Waals surface area contributed by atoms with Gasteiger partial charge in [-0.25, -0.2) is 15.0 Å². The molecule has 0 bridgehead atoms. The van der Waals surface area contributed by atoms with E-state index in [9.17, 15) is 9.66 Å². The van der Waals surface area contributed by atoms with Crippen LogP contribution in [0.1, 0.15) is 53.6 Å². The zero-order valence-corrected chi connectivity index (χ0v) is 18.5. The molecule has 1 saturated heterocycles. The van der Waals surface area contributed by atoms with Crippen molar-refractivity contribution in [3.63, 3.8) is 0 Å². The summed E-state index contributed by atoms with van der Waals surface area (Å²) in [6, 6.07) is 0. The fourth-order valence-corrected chi connectivity index (χ4v) is 6.47. The van der Waals surface area contributed by atoms with Gasteiger partial charge in [-0.15, -0.1) is 0 Å². The van der Waals surface area contributed by atoms with Crippen LogP contribution in [0.25, 0.3) is 0 Å². The highest BCUT2D eigenvalue weighted by molar-refractivity contribution is 7.91. The molecule has 31 heavy (non-hydrogen) atoms. The van der Waals surface area contributed by atoms with Crippen LogP contribution in [0.2, 0.25) is 5.02 Å². The molecule has 2 saturated carbocycles. The summed E-state index contributed by atoms with van der Waals surface area (Å²) in [5.41, 5.74) is -0.425. The van der Waals surface area contributed by atoms with Gasteiger partial charge in [0, 0.05) is 44.6 Å². The Morgan fingerprint density at radius 2 is 2.06 bits per heavy atom. The molecule has 2 aromatic rings. The van der Waals surface area contributed by atoms with E-state index in [4.69, 9.17) is 15.7 Å². The average molecular weight is 464 g/mol. The zero-order chi connectivity index (χ0) is 23.9. The number of hydrogen-bond donors (Lipinski definition) is 2. The maximum Gasteiger partial charge on any atom is 0.227 e. The van der Waals surface area contributed by atoms with Crippen molar-refractivity contribution >= 4 is 34.5 Å². The molecule has 0 aromatic carbocycles. The maximum atomic E-state index is 12.7. The Morgan fingerprint density at radius 1 is 1.32 bits per heavy atom. The average Bonchev–Trinajstić information content (AvgIpc) is 3.06. The third-order valence-corrected chi connectivity index (χ3v) is 8.56. The van der Waals surface area contributed by atoms with Gasteiger partial charge in [-0.05, 0) is 43.3 Å². The van der Waals surface area contributed by atoms with Crippen LogP contribution in [0.15, 0.2) is 17.3 Å². The van der Waals surface area contributed by atoms with E-state index in [-0.39, 0.29) is 5.41 Å². The number of aryl methyl sites for hydroxylation is 1. The summed E-state index contributed by atoms with van der Waals surface area (Å²) in [6.45, 7) is -1.01. The summed E-state index contributed by atoms with van der Waals surface area (Å²) in [6.07, 6.45) is 6.67. The molecule has 3 fully saturated rings. The molecule has 4 aliphatic rings. The van der Waals surface area contributed by atoms with Crippen LogP contribution in [0, 0.1) is 5.41 Å². The largest absolute Gasteiger partial charge is 0.611 e. The molecule has 2 aliphatic heterocycles. The Kier molecular flexibility index (Phi) is 3.90. The molecule has 1 unspecified atom stereocenters. The number of anilines is 2. The van der Waals surface area contributed by atoms with Crippen LogP contribution in [0.4, 0.5) is 11.8 Å². The summed E-state index contributed by atoms with van der Waals surface area (Å²) >= 11 is 4.63. The lowest BCUT2D eigenvalue weighted by atomic mass is 9.57. The monoisotopic (exact) mass is 463 g/mol. The Bertz CT molecular complexity index is 1130. The third kappa shape index (κ3) is 3.28. The zero-order valence-electron chi connectivity index (χ0n) is 19.9. The Labute approximate surface area is 193 Å². The van der Waals surface area contributed by atoms with Crippen molar-refractivity contribution in [1.82, 2.24) is 19.9 Å². The molecule has 6 rings (SSSR count). The normalized spacial score (nSPS) is 28.4. The fourth-order valence-electron chi connectivity index (χ4n) is 5.07. The van der Waals surface area contributed by atoms with E-state index >= 15 is 0 Å². The van der Waals surface area contributed by atoms with Crippen molar-refractivity contribution in [3.8, 4) is 0 Å². The number of nitrogens with one attached hydrogen (secondary N) is 1. The summed E-state index contributed by atoms with van der Waals surface area (Å²) in [4.78, 5) is 20.4. The highest BCUT2D eigenvalue weighted by atomic mass is 35.5. The smallest absolute Gasteiger partial charge is 0.227 e. The highest BCUT2D eigenvalue weighted by Gasteiger charge is 2.54. The predicted molar refractivity (Wildman–Crippen MR) is 118 cm³/mol. The van der Waals surface area contributed by atoms with Crippen LogP contribution in [-0.2, 0) is 17.6 Å². The predicted octanol–water partition coefficient (Wildman–Crippen LogP) is 2.29. The molecule has 164 valence electrons. The van der Waals surface area contributed by atoms with E-state index in [1.54, 1.807) is 0 Å². The maximum absolute atomic E-state index is 12.7. The van der Waals surface area contributed by atoms with Gasteiger partial charge in [-0.1, -0.05) is 11.6 Å². The van der Waals surface area contributed by atoms with Gasteiger partial charge >= 0.3 is 0 Å². The first-order valence-electron chi connectivity index (χ1n) is 12.0. The molecule has 2 aliphatic carbocycles. The fraction of sp³-hybridized carbons (Fsp3) is 0.619. The van der Waals surface area contributed by atoms with Gasteiger partial charge in [0.05, 0.1) is 19.9 Å². The van der Waals surface area contributed by atoms with Crippen molar-refractivity contribution in [2.75, 3.05) is 35.6 Å². The lowest BCUT2D eigenvalue weighted by Crippen LogP contribution is -2.62. The van der Waals surface area contributed by atoms with Crippen molar-refractivity contribution in [3.05, 3.63) is 28.9 Å². The number of fused-ring (bicyclic) bond motifs is 1. The lowest BCUT2D eigenvalue weighted by molar-refractivity contribution is 0.0582. The van der Waals surface area contributed by atoms with E-state index in [0.29, 0.717) is 78.5 Å². The van der Waals surface area contributed by atoms with Crippen molar-refractivity contribution in [1.29, 1.82) is 0 Å². The number of hydrogen-bond acceptors (Lipinski definition) is 8. The summed E-state index contributed by atoms with van der Waals surface area (Å²) < 4.78 is 37.3. The molecule has 4 heterocycles. The Balaban J connectivity index is 1.21. The van der Waals surface area contributed by atoms with Crippen LogP contribution >= 0.6 is 11.6 Å². The number of halogens is 1. The van der Waals surface area contributed by atoms with E-state index in [1.807, 2.05) is 0 Å². The second-order valence-corrected chi connectivity index (χ2v) is 11.1. The molecule has 2 N–H and O–H groups in total. The minimum atomic E-state index is -2.42. The molecule has 10 heteroatoms. The van der Waals surface area contributed by atoms with Gasteiger partial charge in [0.1, 0.15) is 17.3 Å². The minimum Gasteiger partial charge on any atom is -0.611 e. The van der Waals surface area contributed by atoms with E-state index in [2.05, 4.69) is 30.2 Å². The van der Waals surface area contributed by atoms with Crippen molar-refractivity contribution in [2.24, 2.45) is 5.41 Å². The van der Waals surface area contributed by atoms with Gasteiger partial charge in [0.25, 0.3) is 0 Å². The van der Waals surface area contributed by atoms with Gasteiger partial charge in [-0.3, -0.25) is 0 Å². The van der Waals surface area contributed by atoms with Crippen LogP contribution in [-0.4, -0.2) is 60.5 Å². The van der Waals surface area contributed by atoms with E-state index < -0.39 is 29.2 Å². The van der Waals surface area contributed by atoms with Crippen molar-refractivity contribution in [2.45, 2.75) is 54.9 Å². The molecular formula is C21H25ClN6O2S. The molecule has 1 atom stereocenters. The van der Waals surface area contributed by atoms with Crippen LogP contribution < -0.4 is 10.2 Å². The molecule has 1 spiro atoms. The summed E-state index contributed by atoms with van der Waals surface area (Å²) in [5.74, 6) is 1.03. The second-order valence-electron chi connectivity index (χ2n) is 9.16. The van der Waals surface area contributed by atoms with Crippen LogP contribution in [0.5, 0.6) is 0 Å². The van der Waals surface area contributed by atoms with E-state index in [0.717, 1.165) is 12.1 Å². The first kappa shape index (κ1) is 16.9. The SMILES string of the molecule is [2H]C1(c2ncc(Cl)cn2)CC2(CN(c3nc4c(c(NC5(C([2H])([2H])O)CCC5)n3)[S+]([O-])CC4)C2)C1. The number of nitrogens with zero attached hydrogens (tertiary/aromatic N) is 5. The first-order chi connectivity index (χ1) is 16.0. The summed E-state index contributed by atoms with van der Waals surface area (Å²) in [5, 5.41) is 13.8. The molecule has 0 amide bonds. The molecule has 8 nitrogen and oxygen atoms in total.